The molecule has 5 aromatic rings. The maximum absolute atomic E-state index is 11.6. The van der Waals surface area contributed by atoms with Gasteiger partial charge in [-0.2, -0.15) is 0 Å². The van der Waals surface area contributed by atoms with Gasteiger partial charge in [-0.05, 0) is 55.7 Å². The molecule has 158 valence electrons. The minimum Gasteiger partial charge on any atom is -0.496 e. The first-order chi connectivity index (χ1) is 15.1. The van der Waals surface area contributed by atoms with Crippen molar-refractivity contribution in [2.45, 2.75) is 19.3 Å². The van der Waals surface area contributed by atoms with Crippen LogP contribution in [0.15, 0.2) is 56.3 Å². The summed E-state index contributed by atoms with van der Waals surface area (Å²) in [6.07, 6.45) is 4.21. The Morgan fingerprint density at radius 3 is 2.84 bits per heavy atom. The Morgan fingerprint density at radius 1 is 1.10 bits per heavy atom. The quantitative estimate of drug-likeness (QED) is 0.179. The predicted octanol–water partition coefficient (Wildman–Crippen LogP) is 6.22. The van der Waals surface area contributed by atoms with Gasteiger partial charge in [0.05, 0.1) is 41.0 Å². The monoisotopic (exact) mass is 453 g/mol. The number of aryl methyl sites for hydroxylation is 1. The molecule has 0 amide bonds. The van der Waals surface area contributed by atoms with Crippen LogP contribution in [0.5, 0.6) is 11.5 Å². The molecule has 0 saturated carbocycles. The summed E-state index contributed by atoms with van der Waals surface area (Å²) in [6.45, 7) is 0.524. The van der Waals surface area contributed by atoms with Crippen molar-refractivity contribution in [2.75, 3.05) is 13.7 Å². The zero-order chi connectivity index (χ0) is 21.4. The van der Waals surface area contributed by atoms with E-state index in [1.54, 1.807) is 36.8 Å². The lowest BCUT2D eigenvalue weighted by atomic mass is 10.1. The number of H-pyrrole nitrogens is 1. The van der Waals surface area contributed by atoms with Crippen LogP contribution in [0, 0.1) is 3.95 Å². The van der Waals surface area contributed by atoms with Crippen molar-refractivity contribution in [3.63, 3.8) is 0 Å². The van der Waals surface area contributed by atoms with Crippen LogP contribution in [0.1, 0.15) is 18.4 Å². The SMILES string of the molecule is COc1ccc2sc(=S)[nH]c2c1CCCCOc1c2ccoc2cc2oc(=O)ccc12. The average Bonchev–Trinajstić information content (AvgIpc) is 3.38. The Balaban J connectivity index is 1.33. The Morgan fingerprint density at radius 2 is 1.97 bits per heavy atom. The van der Waals surface area contributed by atoms with Gasteiger partial charge < -0.3 is 23.3 Å². The molecule has 0 aliphatic rings. The molecule has 0 saturated heterocycles. The number of unbranched alkanes of at least 4 members (excludes halogenated alkanes) is 1. The van der Waals surface area contributed by atoms with Crippen molar-refractivity contribution in [3.8, 4) is 11.5 Å². The molecule has 2 aromatic carbocycles. The molecule has 1 N–H and O–H groups in total. The number of methoxy groups -OCH3 is 1. The first-order valence-corrected chi connectivity index (χ1v) is 11.1. The molecule has 0 atom stereocenters. The molecule has 0 spiro atoms. The summed E-state index contributed by atoms with van der Waals surface area (Å²) < 4.78 is 24.4. The molecular formula is C23H19NO5S2. The second kappa shape index (κ2) is 8.20. The van der Waals surface area contributed by atoms with Crippen LogP contribution in [-0.2, 0) is 6.42 Å². The topological polar surface area (TPSA) is 77.6 Å². The lowest BCUT2D eigenvalue weighted by Crippen LogP contribution is -2.02. The van der Waals surface area contributed by atoms with Crippen molar-refractivity contribution >= 4 is 55.7 Å². The van der Waals surface area contributed by atoms with Crippen LogP contribution >= 0.6 is 23.6 Å². The van der Waals surface area contributed by atoms with Crippen LogP contribution in [0.3, 0.4) is 0 Å². The number of rotatable bonds is 7. The lowest BCUT2D eigenvalue weighted by molar-refractivity contribution is 0.313. The highest BCUT2D eigenvalue weighted by Gasteiger charge is 2.14. The average molecular weight is 454 g/mol. The number of aromatic amines is 1. The Hall–Kier alpha value is -3.10. The minimum atomic E-state index is -0.403. The van der Waals surface area contributed by atoms with Crippen molar-refractivity contribution < 1.29 is 18.3 Å². The van der Waals surface area contributed by atoms with E-state index in [2.05, 4.69) is 4.98 Å². The number of benzene rings is 2. The van der Waals surface area contributed by atoms with E-state index in [9.17, 15) is 4.79 Å². The van der Waals surface area contributed by atoms with Crippen LogP contribution < -0.4 is 15.1 Å². The molecule has 5 rings (SSSR count). The zero-order valence-corrected chi connectivity index (χ0v) is 18.4. The zero-order valence-electron chi connectivity index (χ0n) is 16.7. The number of nitrogens with one attached hydrogen (secondary N) is 1. The van der Waals surface area contributed by atoms with E-state index in [-0.39, 0.29) is 0 Å². The predicted molar refractivity (Wildman–Crippen MR) is 124 cm³/mol. The van der Waals surface area contributed by atoms with E-state index >= 15 is 0 Å². The summed E-state index contributed by atoms with van der Waals surface area (Å²) in [5.41, 5.74) is 2.87. The van der Waals surface area contributed by atoms with Crippen molar-refractivity contribution in [3.05, 3.63) is 62.6 Å². The van der Waals surface area contributed by atoms with Gasteiger partial charge in [-0.15, -0.1) is 11.3 Å². The van der Waals surface area contributed by atoms with Crippen LogP contribution in [0.2, 0.25) is 0 Å². The van der Waals surface area contributed by atoms with Crippen molar-refractivity contribution in [1.82, 2.24) is 4.98 Å². The maximum atomic E-state index is 11.6. The maximum Gasteiger partial charge on any atom is 0.336 e. The first kappa shape index (κ1) is 19.8. The summed E-state index contributed by atoms with van der Waals surface area (Å²) >= 11 is 6.87. The lowest BCUT2D eigenvalue weighted by Gasteiger charge is -2.11. The van der Waals surface area contributed by atoms with E-state index in [1.165, 1.54) is 6.07 Å². The molecule has 6 nitrogen and oxygen atoms in total. The van der Waals surface area contributed by atoms with Gasteiger partial charge in [0.1, 0.15) is 22.7 Å². The number of hydrogen-bond donors (Lipinski definition) is 1. The molecule has 0 radical (unpaired) electrons. The van der Waals surface area contributed by atoms with Gasteiger partial charge in [0.2, 0.25) is 0 Å². The molecule has 0 aliphatic heterocycles. The highest BCUT2D eigenvalue weighted by molar-refractivity contribution is 7.73. The normalized spacial score (nSPS) is 11.5. The van der Waals surface area contributed by atoms with E-state index in [0.717, 1.165) is 55.5 Å². The molecule has 8 heteroatoms. The number of fused-ring (bicyclic) bond motifs is 3. The largest absolute Gasteiger partial charge is 0.496 e. The van der Waals surface area contributed by atoms with Crippen molar-refractivity contribution in [2.24, 2.45) is 0 Å². The third-order valence-corrected chi connectivity index (χ3v) is 6.46. The minimum absolute atomic E-state index is 0.403. The molecular weight excluding hydrogens is 434 g/mol. The van der Waals surface area contributed by atoms with E-state index in [4.69, 9.17) is 30.5 Å². The van der Waals surface area contributed by atoms with Gasteiger partial charge in [0.25, 0.3) is 0 Å². The van der Waals surface area contributed by atoms with Gasteiger partial charge in [-0.1, -0.05) is 0 Å². The van der Waals surface area contributed by atoms with E-state index in [0.29, 0.717) is 23.5 Å². The number of thiazole rings is 1. The number of aromatic nitrogens is 1. The smallest absolute Gasteiger partial charge is 0.336 e. The van der Waals surface area contributed by atoms with Crippen molar-refractivity contribution in [1.29, 1.82) is 0 Å². The van der Waals surface area contributed by atoms with E-state index < -0.39 is 5.63 Å². The van der Waals surface area contributed by atoms with Crippen LogP contribution in [0.25, 0.3) is 32.2 Å². The number of ether oxygens (including phenoxy) is 2. The third kappa shape index (κ3) is 3.73. The van der Waals surface area contributed by atoms with Crippen LogP contribution in [0.4, 0.5) is 0 Å². The summed E-state index contributed by atoms with van der Waals surface area (Å²) in [5, 5.41) is 1.62. The second-order valence-electron chi connectivity index (χ2n) is 7.14. The van der Waals surface area contributed by atoms with Gasteiger partial charge in [0, 0.05) is 17.7 Å². The molecule has 0 fully saturated rings. The summed E-state index contributed by atoms with van der Waals surface area (Å²) in [7, 11) is 1.68. The molecule has 3 heterocycles. The van der Waals surface area contributed by atoms with Gasteiger partial charge in [0.15, 0.2) is 3.95 Å². The first-order valence-electron chi connectivity index (χ1n) is 9.89. The Bertz CT molecular complexity index is 1510. The molecule has 31 heavy (non-hydrogen) atoms. The highest BCUT2D eigenvalue weighted by atomic mass is 32.1. The summed E-state index contributed by atoms with van der Waals surface area (Å²) in [5.74, 6) is 1.54. The summed E-state index contributed by atoms with van der Waals surface area (Å²) in [4.78, 5) is 14.9. The van der Waals surface area contributed by atoms with Gasteiger partial charge in [-0.25, -0.2) is 4.79 Å². The number of hydrogen-bond acceptors (Lipinski definition) is 7. The Labute approximate surface area is 186 Å². The Kier molecular flexibility index (Phi) is 5.25. The fourth-order valence-electron chi connectivity index (χ4n) is 3.84. The fraction of sp³-hybridized carbons (Fsp3) is 0.217. The molecule has 3 aromatic heterocycles. The highest BCUT2D eigenvalue weighted by Crippen LogP contribution is 2.35. The van der Waals surface area contributed by atoms with Gasteiger partial charge >= 0.3 is 5.63 Å². The second-order valence-corrected chi connectivity index (χ2v) is 8.86. The fourth-order valence-corrected chi connectivity index (χ4v) is 4.98. The molecule has 0 bridgehead atoms. The third-order valence-electron chi connectivity index (χ3n) is 5.26. The van der Waals surface area contributed by atoms with Crippen LogP contribution in [-0.4, -0.2) is 18.7 Å². The standard InChI is InChI=1S/C23H19NO5S2/c1-26-16-6-7-19-21(24-23(30)31-19)13(16)4-2-3-10-28-22-14-5-8-20(25)29-18(14)12-17-15(22)9-11-27-17/h5-9,11-12H,2-4,10H2,1H3,(H,24,30). The van der Waals surface area contributed by atoms with E-state index in [1.807, 2.05) is 18.2 Å². The molecule has 0 aliphatic carbocycles. The molecule has 0 unspecified atom stereocenters. The summed E-state index contributed by atoms with van der Waals surface area (Å²) in [6, 6.07) is 10.7. The number of furan rings is 1. The van der Waals surface area contributed by atoms with Gasteiger partial charge in [-0.3, -0.25) is 0 Å².